The van der Waals surface area contributed by atoms with E-state index < -0.39 is 5.54 Å². The van der Waals surface area contributed by atoms with Crippen LogP contribution in [0.25, 0.3) is 0 Å². The molecule has 4 heteroatoms. The van der Waals surface area contributed by atoms with E-state index in [9.17, 15) is 9.59 Å². The third-order valence-corrected chi connectivity index (χ3v) is 4.67. The van der Waals surface area contributed by atoms with Crippen LogP contribution in [0.4, 0.5) is 0 Å². The lowest BCUT2D eigenvalue weighted by Gasteiger charge is -2.46. The number of amides is 2. The highest BCUT2D eigenvalue weighted by Crippen LogP contribution is 2.31. The molecule has 0 aromatic rings. The third kappa shape index (κ3) is 2.13. The molecule has 1 aliphatic carbocycles. The van der Waals surface area contributed by atoms with Gasteiger partial charge in [-0.2, -0.15) is 0 Å². The fraction of sp³-hybridized carbons (Fsp3) is 0.857. The molecule has 0 spiro atoms. The monoisotopic (exact) mass is 252 g/mol. The minimum atomic E-state index is -0.661. The van der Waals surface area contributed by atoms with Crippen LogP contribution < -0.4 is 5.32 Å². The Balaban J connectivity index is 2.19. The molecule has 0 radical (unpaired) electrons. The average Bonchev–Trinajstić information content (AvgIpc) is 2.85. The summed E-state index contributed by atoms with van der Waals surface area (Å²) in [5, 5.41) is 2.80. The van der Waals surface area contributed by atoms with Crippen LogP contribution in [-0.4, -0.2) is 34.8 Å². The molecule has 2 aliphatic rings. The number of nitrogens with zero attached hydrogens (tertiary/aromatic N) is 1. The summed E-state index contributed by atoms with van der Waals surface area (Å²) in [7, 11) is 0. The van der Waals surface area contributed by atoms with Gasteiger partial charge in [0.15, 0.2) is 0 Å². The summed E-state index contributed by atoms with van der Waals surface area (Å²) >= 11 is 0. The molecule has 4 nitrogen and oxygen atoms in total. The SMILES string of the molecule is CCC1(C)C(=O)NC(C)C(=O)N1CC1CCCC1. The normalized spacial score (nSPS) is 33.9. The molecule has 2 rings (SSSR count). The van der Waals surface area contributed by atoms with Crippen molar-refractivity contribution in [3.05, 3.63) is 0 Å². The van der Waals surface area contributed by atoms with Crippen molar-refractivity contribution in [1.82, 2.24) is 10.2 Å². The Morgan fingerprint density at radius 3 is 2.50 bits per heavy atom. The van der Waals surface area contributed by atoms with Gasteiger partial charge in [0.25, 0.3) is 0 Å². The summed E-state index contributed by atoms with van der Waals surface area (Å²) in [5.74, 6) is 0.652. The lowest BCUT2D eigenvalue weighted by atomic mass is 9.89. The van der Waals surface area contributed by atoms with Gasteiger partial charge in [-0.05, 0) is 39.0 Å². The van der Waals surface area contributed by atoms with Crippen LogP contribution in [0.15, 0.2) is 0 Å². The van der Waals surface area contributed by atoms with Crippen molar-refractivity contribution in [1.29, 1.82) is 0 Å². The highest BCUT2D eigenvalue weighted by Gasteiger charge is 2.47. The first-order valence-electron chi connectivity index (χ1n) is 7.11. The van der Waals surface area contributed by atoms with Crippen molar-refractivity contribution < 1.29 is 9.59 Å². The minimum absolute atomic E-state index is 0.00454. The first kappa shape index (κ1) is 13.4. The highest BCUT2D eigenvalue weighted by molar-refractivity contribution is 5.99. The number of carbonyl (C=O) groups is 2. The maximum Gasteiger partial charge on any atom is 0.246 e. The van der Waals surface area contributed by atoms with Crippen molar-refractivity contribution in [2.75, 3.05) is 6.54 Å². The molecule has 2 fully saturated rings. The van der Waals surface area contributed by atoms with Gasteiger partial charge in [0.05, 0.1) is 0 Å². The van der Waals surface area contributed by atoms with E-state index in [1.165, 1.54) is 25.7 Å². The van der Waals surface area contributed by atoms with E-state index >= 15 is 0 Å². The highest BCUT2D eigenvalue weighted by atomic mass is 16.2. The summed E-state index contributed by atoms with van der Waals surface area (Å²) in [6.45, 7) is 6.39. The Morgan fingerprint density at radius 1 is 1.33 bits per heavy atom. The molecule has 1 heterocycles. The van der Waals surface area contributed by atoms with Crippen molar-refractivity contribution in [2.24, 2.45) is 5.92 Å². The van der Waals surface area contributed by atoms with E-state index in [2.05, 4.69) is 5.32 Å². The Labute approximate surface area is 109 Å². The quantitative estimate of drug-likeness (QED) is 0.831. The van der Waals surface area contributed by atoms with Crippen LogP contribution in [0.5, 0.6) is 0 Å². The van der Waals surface area contributed by atoms with E-state index in [0.717, 1.165) is 6.54 Å². The van der Waals surface area contributed by atoms with Gasteiger partial charge < -0.3 is 10.2 Å². The van der Waals surface area contributed by atoms with Gasteiger partial charge in [-0.3, -0.25) is 9.59 Å². The number of hydrogen-bond acceptors (Lipinski definition) is 2. The molecular formula is C14H24N2O2. The summed E-state index contributed by atoms with van der Waals surface area (Å²) in [4.78, 5) is 26.4. The smallest absolute Gasteiger partial charge is 0.246 e. The van der Waals surface area contributed by atoms with Crippen LogP contribution in [0.2, 0.25) is 0 Å². The number of piperazine rings is 1. The first-order valence-corrected chi connectivity index (χ1v) is 7.11. The fourth-order valence-corrected chi connectivity index (χ4v) is 3.11. The van der Waals surface area contributed by atoms with Crippen LogP contribution >= 0.6 is 0 Å². The van der Waals surface area contributed by atoms with Gasteiger partial charge in [-0.1, -0.05) is 19.8 Å². The maximum absolute atomic E-state index is 12.3. The number of carbonyl (C=O) groups excluding carboxylic acids is 2. The minimum Gasteiger partial charge on any atom is -0.343 e. The number of rotatable bonds is 3. The average molecular weight is 252 g/mol. The Hall–Kier alpha value is -1.06. The van der Waals surface area contributed by atoms with E-state index in [-0.39, 0.29) is 17.9 Å². The van der Waals surface area contributed by atoms with Crippen molar-refractivity contribution in [3.8, 4) is 0 Å². The van der Waals surface area contributed by atoms with Crippen molar-refractivity contribution in [2.45, 2.75) is 64.5 Å². The zero-order valence-electron chi connectivity index (χ0n) is 11.7. The molecule has 1 aliphatic heterocycles. The Morgan fingerprint density at radius 2 is 1.94 bits per heavy atom. The van der Waals surface area contributed by atoms with E-state index in [1.807, 2.05) is 18.7 Å². The van der Waals surface area contributed by atoms with Crippen molar-refractivity contribution in [3.63, 3.8) is 0 Å². The van der Waals surface area contributed by atoms with Crippen LogP contribution in [0, 0.1) is 5.92 Å². The summed E-state index contributed by atoms with van der Waals surface area (Å²) in [6.07, 6.45) is 5.58. The van der Waals surface area contributed by atoms with Gasteiger partial charge >= 0.3 is 0 Å². The van der Waals surface area contributed by atoms with Crippen LogP contribution in [0.1, 0.15) is 52.9 Å². The second-order valence-electron chi connectivity index (χ2n) is 5.92. The Kier molecular flexibility index (Phi) is 3.64. The summed E-state index contributed by atoms with van der Waals surface area (Å²) < 4.78 is 0. The molecule has 1 saturated carbocycles. The lowest BCUT2D eigenvalue weighted by Crippen LogP contribution is -2.69. The van der Waals surface area contributed by atoms with Gasteiger partial charge in [-0.15, -0.1) is 0 Å². The van der Waals surface area contributed by atoms with Crippen LogP contribution in [0.3, 0.4) is 0 Å². The second-order valence-corrected chi connectivity index (χ2v) is 5.92. The molecule has 2 atom stereocenters. The molecule has 102 valence electrons. The van der Waals surface area contributed by atoms with E-state index in [0.29, 0.717) is 12.3 Å². The lowest BCUT2D eigenvalue weighted by molar-refractivity contribution is -0.157. The molecule has 2 unspecified atom stereocenters. The predicted molar refractivity (Wildman–Crippen MR) is 70.0 cm³/mol. The molecule has 0 aromatic carbocycles. The predicted octanol–water partition coefficient (Wildman–Crippen LogP) is 1.69. The molecule has 0 bridgehead atoms. The third-order valence-electron chi connectivity index (χ3n) is 4.67. The topological polar surface area (TPSA) is 49.4 Å². The first-order chi connectivity index (χ1) is 8.49. The van der Waals surface area contributed by atoms with E-state index in [4.69, 9.17) is 0 Å². The zero-order chi connectivity index (χ0) is 13.3. The summed E-state index contributed by atoms with van der Waals surface area (Å²) in [6, 6.07) is -0.376. The van der Waals surface area contributed by atoms with Gasteiger partial charge in [-0.25, -0.2) is 0 Å². The van der Waals surface area contributed by atoms with Crippen LogP contribution in [-0.2, 0) is 9.59 Å². The molecular weight excluding hydrogens is 228 g/mol. The van der Waals surface area contributed by atoms with Crippen molar-refractivity contribution >= 4 is 11.8 Å². The van der Waals surface area contributed by atoms with Gasteiger partial charge in [0.1, 0.15) is 11.6 Å². The summed E-state index contributed by atoms with van der Waals surface area (Å²) in [5.41, 5.74) is -0.661. The molecule has 1 N–H and O–H groups in total. The molecule has 1 saturated heterocycles. The van der Waals surface area contributed by atoms with Gasteiger partial charge in [0.2, 0.25) is 11.8 Å². The second kappa shape index (κ2) is 4.90. The van der Waals surface area contributed by atoms with Gasteiger partial charge in [0, 0.05) is 6.54 Å². The molecule has 2 amide bonds. The van der Waals surface area contributed by atoms with E-state index in [1.54, 1.807) is 6.92 Å². The standard InChI is InChI=1S/C14H24N2O2/c1-4-14(3)13(18)15-10(2)12(17)16(14)9-11-7-5-6-8-11/h10-11H,4-9H2,1-3H3,(H,15,18). The molecule has 18 heavy (non-hydrogen) atoms. The molecule has 0 aromatic heterocycles. The zero-order valence-corrected chi connectivity index (χ0v) is 11.7. The fourth-order valence-electron chi connectivity index (χ4n) is 3.11. The number of hydrogen-bond donors (Lipinski definition) is 1. The maximum atomic E-state index is 12.3. The number of nitrogens with one attached hydrogen (secondary N) is 1. The Bertz CT molecular complexity index is 350. The largest absolute Gasteiger partial charge is 0.343 e.